The fourth-order valence-corrected chi connectivity index (χ4v) is 6.04. The van der Waals surface area contributed by atoms with Crippen molar-refractivity contribution in [2.24, 2.45) is 17.8 Å². The van der Waals surface area contributed by atoms with Crippen LogP contribution in [0.25, 0.3) is 0 Å². The van der Waals surface area contributed by atoms with Crippen molar-refractivity contribution in [1.29, 1.82) is 0 Å². The molecule has 0 bridgehead atoms. The molecule has 1 heterocycles. The molecule has 0 saturated carbocycles. The number of amides is 3. The molecule has 0 unspecified atom stereocenters. The standard InChI is InChI=1S/C33H48N4O7S/c1-9-20(4)29(34-22(6)38)32(41)37(8)27(19(2)3)17-28(44-23(7)39)31-36-26(18-45-31)30(40)35-25(15-21(5)33(42)43)16-24-13-11-10-12-14-24/h10-14,18-21,25,27-29H,9,15-17H2,1-8H3,(H,34,38)(H,35,40)(H,42,43)/t20-,21-,25+,27+,28+,29-/m0/s1. The number of carbonyl (C=O) groups excluding carboxylic acids is 4. The van der Waals surface area contributed by atoms with Gasteiger partial charge in [0.2, 0.25) is 11.8 Å². The molecule has 2 aromatic rings. The van der Waals surface area contributed by atoms with Crippen LogP contribution in [0, 0.1) is 17.8 Å². The van der Waals surface area contributed by atoms with Gasteiger partial charge in [0.25, 0.3) is 5.91 Å². The summed E-state index contributed by atoms with van der Waals surface area (Å²) in [6.45, 7) is 12.1. The van der Waals surface area contributed by atoms with Crippen molar-refractivity contribution < 1.29 is 33.8 Å². The van der Waals surface area contributed by atoms with Gasteiger partial charge in [0.05, 0.1) is 5.92 Å². The van der Waals surface area contributed by atoms with Crippen LogP contribution in [0.3, 0.4) is 0 Å². The van der Waals surface area contributed by atoms with Crippen LogP contribution in [0.5, 0.6) is 0 Å². The number of nitrogens with one attached hydrogen (secondary N) is 2. The Morgan fingerprint density at radius 1 is 1.00 bits per heavy atom. The topological polar surface area (TPSA) is 155 Å². The highest BCUT2D eigenvalue weighted by Gasteiger charge is 2.35. The molecule has 0 radical (unpaired) electrons. The molecule has 248 valence electrons. The van der Waals surface area contributed by atoms with Crippen molar-refractivity contribution in [3.63, 3.8) is 0 Å². The Bertz CT molecular complexity index is 1300. The van der Waals surface area contributed by atoms with Crippen molar-refractivity contribution in [3.8, 4) is 0 Å². The summed E-state index contributed by atoms with van der Waals surface area (Å²) >= 11 is 1.17. The van der Waals surface area contributed by atoms with E-state index in [0.29, 0.717) is 17.8 Å². The predicted octanol–water partition coefficient (Wildman–Crippen LogP) is 4.62. The molecule has 0 fully saturated rings. The minimum atomic E-state index is -0.946. The lowest BCUT2D eigenvalue weighted by molar-refractivity contribution is -0.149. The molecule has 0 aliphatic carbocycles. The van der Waals surface area contributed by atoms with Crippen molar-refractivity contribution in [2.75, 3.05) is 7.05 Å². The van der Waals surface area contributed by atoms with Gasteiger partial charge >= 0.3 is 11.9 Å². The van der Waals surface area contributed by atoms with E-state index < -0.39 is 42.0 Å². The zero-order chi connectivity index (χ0) is 33.8. The van der Waals surface area contributed by atoms with Crippen LogP contribution in [0.2, 0.25) is 0 Å². The van der Waals surface area contributed by atoms with E-state index in [0.717, 1.165) is 5.56 Å². The van der Waals surface area contributed by atoms with Gasteiger partial charge in [0, 0.05) is 44.8 Å². The van der Waals surface area contributed by atoms with E-state index in [1.807, 2.05) is 58.0 Å². The minimum absolute atomic E-state index is 0.0374. The summed E-state index contributed by atoms with van der Waals surface area (Å²) in [6.07, 6.45) is 0.776. The lowest BCUT2D eigenvalue weighted by Crippen LogP contribution is -2.54. The van der Waals surface area contributed by atoms with Gasteiger partial charge in [-0.05, 0) is 30.2 Å². The van der Waals surface area contributed by atoms with Gasteiger partial charge in [-0.15, -0.1) is 11.3 Å². The molecular weight excluding hydrogens is 596 g/mol. The van der Waals surface area contributed by atoms with E-state index >= 15 is 0 Å². The number of benzene rings is 1. The first kappa shape index (κ1) is 37.4. The lowest BCUT2D eigenvalue weighted by atomic mass is 9.93. The van der Waals surface area contributed by atoms with Crippen molar-refractivity contribution in [1.82, 2.24) is 20.5 Å². The molecule has 45 heavy (non-hydrogen) atoms. The lowest BCUT2D eigenvalue weighted by Gasteiger charge is -2.36. The summed E-state index contributed by atoms with van der Waals surface area (Å²) < 4.78 is 5.68. The second-order valence-corrected chi connectivity index (χ2v) is 13.0. The first-order valence-electron chi connectivity index (χ1n) is 15.4. The molecule has 3 amide bonds. The molecule has 1 aromatic carbocycles. The van der Waals surface area contributed by atoms with Crippen LogP contribution in [0.15, 0.2) is 35.7 Å². The van der Waals surface area contributed by atoms with Crippen LogP contribution in [0.4, 0.5) is 0 Å². The van der Waals surface area contributed by atoms with E-state index in [1.54, 1.807) is 24.3 Å². The first-order chi connectivity index (χ1) is 21.1. The van der Waals surface area contributed by atoms with E-state index in [1.165, 1.54) is 25.2 Å². The third kappa shape index (κ3) is 11.6. The highest BCUT2D eigenvalue weighted by atomic mass is 32.1. The van der Waals surface area contributed by atoms with Crippen LogP contribution in [-0.4, -0.2) is 69.8 Å². The zero-order valence-corrected chi connectivity index (χ0v) is 28.3. The summed E-state index contributed by atoms with van der Waals surface area (Å²) in [5.74, 6) is -3.27. The van der Waals surface area contributed by atoms with E-state index in [4.69, 9.17) is 4.74 Å². The van der Waals surface area contributed by atoms with Gasteiger partial charge in [0.15, 0.2) is 6.10 Å². The maximum absolute atomic E-state index is 13.6. The Morgan fingerprint density at radius 2 is 1.64 bits per heavy atom. The van der Waals surface area contributed by atoms with Crippen molar-refractivity contribution in [3.05, 3.63) is 52.0 Å². The van der Waals surface area contributed by atoms with Crippen LogP contribution in [-0.2, 0) is 30.3 Å². The maximum atomic E-state index is 13.6. The smallest absolute Gasteiger partial charge is 0.306 e. The van der Waals surface area contributed by atoms with Gasteiger partial charge < -0.3 is 25.4 Å². The zero-order valence-electron chi connectivity index (χ0n) is 27.5. The average molecular weight is 645 g/mol. The van der Waals surface area contributed by atoms with Gasteiger partial charge in [-0.25, -0.2) is 4.98 Å². The van der Waals surface area contributed by atoms with Crippen LogP contribution < -0.4 is 10.6 Å². The number of carbonyl (C=O) groups is 5. The largest absolute Gasteiger partial charge is 0.481 e. The Morgan fingerprint density at radius 3 is 2.18 bits per heavy atom. The number of likely N-dealkylation sites (N-methyl/N-ethyl adjacent to an activating group) is 1. The monoisotopic (exact) mass is 644 g/mol. The summed E-state index contributed by atoms with van der Waals surface area (Å²) in [6, 6.07) is 7.97. The number of rotatable bonds is 17. The molecule has 12 heteroatoms. The number of ether oxygens (including phenoxy) is 1. The second-order valence-electron chi connectivity index (χ2n) is 12.1. The molecule has 1 aromatic heterocycles. The normalized spacial score (nSPS) is 15.2. The number of nitrogens with zero attached hydrogens (tertiary/aromatic N) is 2. The molecule has 0 aliphatic rings. The van der Waals surface area contributed by atoms with Crippen LogP contribution >= 0.6 is 11.3 Å². The number of carboxylic acid groups (broad SMARTS) is 1. The number of hydrogen-bond donors (Lipinski definition) is 3. The molecule has 11 nitrogen and oxygen atoms in total. The molecular formula is C33H48N4O7S. The number of hydrogen-bond acceptors (Lipinski definition) is 8. The number of esters is 1. The van der Waals surface area contributed by atoms with Crippen molar-refractivity contribution in [2.45, 2.75) is 98.4 Å². The molecule has 0 saturated heterocycles. The molecule has 3 N–H and O–H groups in total. The number of carboxylic acids is 1. The van der Waals surface area contributed by atoms with Crippen LogP contribution in [0.1, 0.15) is 94.9 Å². The third-order valence-electron chi connectivity index (χ3n) is 7.97. The Labute approximate surface area is 270 Å². The molecule has 0 spiro atoms. The number of aliphatic carboxylic acids is 1. The number of thiazole rings is 1. The molecule has 2 rings (SSSR count). The Kier molecular flexibility index (Phi) is 14.6. The SMILES string of the molecule is CC[C@H](C)[C@H](NC(C)=O)C(=O)N(C)[C@H](C[C@@H](OC(C)=O)c1nc(C(=O)N[C@@H](Cc2ccccc2)C[C@H](C)C(=O)O)cs1)C(C)C. The molecule has 0 aliphatic heterocycles. The second kappa shape index (κ2) is 17.6. The van der Waals surface area contributed by atoms with E-state index in [2.05, 4.69) is 15.6 Å². The predicted molar refractivity (Wildman–Crippen MR) is 173 cm³/mol. The Balaban J connectivity index is 2.30. The van der Waals surface area contributed by atoms with Gasteiger partial charge in [-0.3, -0.25) is 24.0 Å². The highest BCUT2D eigenvalue weighted by Crippen LogP contribution is 2.31. The van der Waals surface area contributed by atoms with Crippen molar-refractivity contribution >= 4 is 41.0 Å². The van der Waals surface area contributed by atoms with Gasteiger partial charge in [0.1, 0.15) is 16.7 Å². The van der Waals surface area contributed by atoms with E-state index in [-0.39, 0.29) is 48.2 Å². The first-order valence-corrected chi connectivity index (χ1v) is 16.3. The van der Waals surface area contributed by atoms with Gasteiger partial charge in [-0.2, -0.15) is 0 Å². The quantitative estimate of drug-likeness (QED) is 0.211. The van der Waals surface area contributed by atoms with E-state index in [9.17, 15) is 29.1 Å². The minimum Gasteiger partial charge on any atom is -0.481 e. The summed E-state index contributed by atoms with van der Waals surface area (Å²) in [5, 5.41) is 17.2. The average Bonchev–Trinajstić information content (AvgIpc) is 3.47. The summed E-state index contributed by atoms with van der Waals surface area (Å²) in [5.41, 5.74) is 1.09. The summed E-state index contributed by atoms with van der Waals surface area (Å²) in [4.78, 5) is 68.7. The fourth-order valence-electron chi connectivity index (χ4n) is 5.20. The highest BCUT2D eigenvalue weighted by molar-refractivity contribution is 7.09. The molecule has 6 atom stereocenters. The maximum Gasteiger partial charge on any atom is 0.306 e. The third-order valence-corrected chi connectivity index (χ3v) is 8.90. The number of aromatic nitrogens is 1. The fraction of sp³-hybridized carbons (Fsp3) is 0.576. The Hall–Kier alpha value is -3.80. The van der Waals surface area contributed by atoms with Gasteiger partial charge in [-0.1, -0.05) is 71.4 Å². The summed E-state index contributed by atoms with van der Waals surface area (Å²) in [7, 11) is 1.68.